The Morgan fingerprint density at radius 3 is 2.79 bits per heavy atom. The van der Waals surface area contributed by atoms with Gasteiger partial charge in [-0.05, 0) is 18.6 Å². The average Bonchev–Trinajstić information content (AvgIpc) is 2.37. The molecule has 2 rings (SSSR count). The molecule has 0 aliphatic rings. The van der Waals surface area contributed by atoms with Crippen LogP contribution in [0.3, 0.4) is 0 Å². The van der Waals surface area contributed by atoms with Gasteiger partial charge in [-0.3, -0.25) is 15.1 Å². The normalized spacial score (nSPS) is 10.2. The van der Waals surface area contributed by atoms with Crippen LogP contribution in [0.15, 0.2) is 24.7 Å². The van der Waals surface area contributed by atoms with Gasteiger partial charge in [0.05, 0.1) is 4.92 Å². The Morgan fingerprint density at radius 1 is 1.37 bits per heavy atom. The van der Waals surface area contributed by atoms with Crippen LogP contribution in [0.2, 0.25) is 0 Å². The molecule has 8 heteroatoms. The highest BCUT2D eigenvalue weighted by Gasteiger charge is 2.20. The molecule has 0 radical (unpaired) electrons. The molecular formula is C11H12N6O2. The standard InChI is InChI=1S/C11H12N6O2/c1-7-2-3-8(4-13-7)5-14-11-9(17(18)19)10(12)15-6-16-11/h2-4,6H,5H2,1H3,(H3,12,14,15,16). The smallest absolute Gasteiger partial charge is 0.352 e. The summed E-state index contributed by atoms with van der Waals surface area (Å²) in [6.07, 6.45) is 2.87. The van der Waals surface area contributed by atoms with Crippen molar-refractivity contribution in [2.75, 3.05) is 11.1 Å². The van der Waals surface area contributed by atoms with Gasteiger partial charge in [-0.2, -0.15) is 0 Å². The van der Waals surface area contributed by atoms with Gasteiger partial charge in [0.25, 0.3) is 0 Å². The van der Waals surface area contributed by atoms with Crippen LogP contribution in [-0.4, -0.2) is 19.9 Å². The van der Waals surface area contributed by atoms with Crippen LogP contribution in [0.4, 0.5) is 17.3 Å². The zero-order valence-electron chi connectivity index (χ0n) is 10.2. The lowest BCUT2D eigenvalue weighted by atomic mass is 10.2. The van der Waals surface area contributed by atoms with Gasteiger partial charge < -0.3 is 11.1 Å². The molecule has 0 fully saturated rings. The van der Waals surface area contributed by atoms with Crippen molar-refractivity contribution in [2.45, 2.75) is 13.5 Å². The van der Waals surface area contributed by atoms with Gasteiger partial charge in [0.1, 0.15) is 6.33 Å². The molecular weight excluding hydrogens is 248 g/mol. The summed E-state index contributed by atoms with van der Waals surface area (Å²) in [7, 11) is 0. The van der Waals surface area contributed by atoms with E-state index >= 15 is 0 Å². The average molecular weight is 260 g/mol. The highest BCUT2D eigenvalue weighted by molar-refractivity contribution is 5.67. The number of hydrogen-bond donors (Lipinski definition) is 2. The summed E-state index contributed by atoms with van der Waals surface area (Å²) < 4.78 is 0. The van der Waals surface area contributed by atoms with E-state index in [0.717, 1.165) is 11.3 Å². The molecule has 8 nitrogen and oxygen atoms in total. The predicted octanol–water partition coefficient (Wildman–Crippen LogP) is 1.28. The highest BCUT2D eigenvalue weighted by Crippen LogP contribution is 2.26. The molecule has 98 valence electrons. The number of hydrogen-bond acceptors (Lipinski definition) is 7. The number of nitrogens with one attached hydrogen (secondary N) is 1. The Hall–Kier alpha value is -2.77. The molecule has 0 aromatic carbocycles. The van der Waals surface area contributed by atoms with Crippen molar-refractivity contribution < 1.29 is 4.92 Å². The molecule has 0 amide bonds. The van der Waals surface area contributed by atoms with E-state index in [1.165, 1.54) is 6.33 Å². The molecule has 0 atom stereocenters. The molecule has 2 aromatic heterocycles. The largest absolute Gasteiger partial charge is 0.378 e. The predicted molar refractivity (Wildman–Crippen MR) is 69.4 cm³/mol. The number of nitro groups is 1. The van der Waals surface area contributed by atoms with Crippen molar-refractivity contribution in [1.82, 2.24) is 15.0 Å². The van der Waals surface area contributed by atoms with Crippen LogP contribution in [0.5, 0.6) is 0 Å². The number of aryl methyl sites for hydroxylation is 1. The first-order valence-corrected chi connectivity index (χ1v) is 5.48. The van der Waals surface area contributed by atoms with Gasteiger partial charge in [-0.15, -0.1) is 0 Å². The highest BCUT2D eigenvalue weighted by atomic mass is 16.6. The molecule has 0 unspecified atom stereocenters. The van der Waals surface area contributed by atoms with E-state index in [0.29, 0.717) is 6.54 Å². The summed E-state index contributed by atoms with van der Waals surface area (Å²) in [5.41, 5.74) is 6.94. The summed E-state index contributed by atoms with van der Waals surface area (Å²) in [6.45, 7) is 2.25. The van der Waals surface area contributed by atoms with Gasteiger partial charge in [-0.1, -0.05) is 6.07 Å². The fourth-order valence-electron chi connectivity index (χ4n) is 1.49. The molecule has 2 heterocycles. The number of pyridine rings is 1. The van der Waals surface area contributed by atoms with Gasteiger partial charge in [0.2, 0.25) is 11.6 Å². The van der Waals surface area contributed by atoms with Crippen LogP contribution in [-0.2, 0) is 6.54 Å². The van der Waals surface area contributed by atoms with Crippen LogP contribution in [0, 0.1) is 17.0 Å². The molecule has 2 aromatic rings. The second-order valence-electron chi connectivity index (χ2n) is 3.87. The lowest BCUT2D eigenvalue weighted by Crippen LogP contribution is -2.08. The Labute approximate surface area is 108 Å². The lowest BCUT2D eigenvalue weighted by Gasteiger charge is -2.06. The SMILES string of the molecule is Cc1ccc(CNc2ncnc(N)c2[N+](=O)[O-])cn1. The third-order valence-electron chi connectivity index (χ3n) is 2.47. The molecule has 3 N–H and O–H groups in total. The third-order valence-corrected chi connectivity index (χ3v) is 2.47. The first-order chi connectivity index (χ1) is 9.08. The maximum atomic E-state index is 10.9. The number of nitrogen functional groups attached to an aromatic ring is 1. The first-order valence-electron chi connectivity index (χ1n) is 5.48. The van der Waals surface area contributed by atoms with Crippen LogP contribution >= 0.6 is 0 Å². The van der Waals surface area contributed by atoms with Crippen LogP contribution in [0.1, 0.15) is 11.3 Å². The van der Waals surface area contributed by atoms with E-state index in [-0.39, 0.29) is 17.3 Å². The maximum Gasteiger partial charge on any atom is 0.352 e. The molecule has 0 saturated heterocycles. The quantitative estimate of drug-likeness (QED) is 0.627. The number of nitrogens with two attached hydrogens (primary N) is 1. The van der Waals surface area contributed by atoms with E-state index in [2.05, 4.69) is 20.3 Å². The minimum Gasteiger partial charge on any atom is -0.378 e. The molecule has 0 spiro atoms. The number of nitrogens with zero attached hydrogens (tertiary/aromatic N) is 4. The summed E-state index contributed by atoms with van der Waals surface area (Å²) in [6, 6.07) is 3.74. The number of aromatic nitrogens is 3. The van der Waals surface area contributed by atoms with Gasteiger partial charge in [0.15, 0.2) is 0 Å². The zero-order valence-corrected chi connectivity index (χ0v) is 10.2. The minimum atomic E-state index is -0.606. The summed E-state index contributed by atoms with van der Waals surface area (Å²) >= 11 is 0. The van der Waals surface area contributed by atoms with Crippen molar-refractivity contribution in [3.63, 3.8) is 0 Å². The van der Waals surface area contributed by atoms with E-state index in [4.69, 9.17) is 5.73 Å². The van der Waals surface area contributed by atoms with Crippen molar-refractivity contribution >= 4 is 17.3 Å². The second kappa shape index (κ2) is 5.25. The van der Waals surface area contributed by atoms with Gasteiger partial charge in [0, 0.05) is 18.4 Å². The molecule has 19 heavy (non-hydrogen) atoms. The van der Waals surface area contributed by atoms with Crippen molar-refractivity contribution in [3.05, 3.63) is 46.0 Å². The van der Waals surface area contributed by atoms with Crippen LogP contribution < -0.4 is 11.1 Å². The molecule has 0 bridgehead atoms. The van der Waals surface area contributed by atoms with E-state index < -0.39 is 4.92 Å². The Balaban J connectivity index is 2.18. The Bertz CT molecular complexity index is 599. The summed E-state index contributed by atoms with van der Waals surface area (Å²) in [5, 5.41) is 13.8. The van der Waals surface area contributed by atoms with E-state index in [1.54, 1.807) is 6.20 Å². The van der Waals surface area contributed by atoms with E-state index in [1.807, 2.05) is 19.1 Å². The number of anilines is 2. The monoisotopic (exact) mass is 260 g/mol. The summed E-state index contributed by atoms with van der Waals surface area (Å²) in [4.78, 5) is 21.9. The Kier molecular flexibility index (Phi) is 3.51. The molecule has 0 aliphatic heterocycles. The summed E-state index contributed by atoms with van der Waals surface area (Å²) in [5.74, 6) is -0.0670. The lowest BCUT2D eigenvalue weighted by molar-refractivity contribution is -0.383. The molecule has 0 aliphatic carbocycles. The number of rotatable bonds is 4. The third kappa shape index (κ3) is 2.92. The minimum absolute atomic E-state index is 0.0954. The van der Waals surface area contributed by atoms with Crippen molar-refractivity contribution in [3.8, 4) is 0 Å². The van der Waals surface area contributed by atoms with E-state index in [9.17, 15) is 10.1 Å². The van der Waals surface area contributed by atoms with Crippen molar-refractivity contribution in [2.24, 2.45) is 0 Å². The Morgan fingerprint density at radius 2 is 2.16 bits per heavy atom. The van der Waals surface area contributed by atoms with Crippen LogP contribution in [0.25, 0.3) is 0 Å². The fourth-order valence-corrected chi connectivity index (χ4v) is 1.49. The van der Waals surface area contributed by atoms with Gasteiger partial charge in [-0.25, -0.2) is 9.97 Å². The topological polar surface area (TPSA) is 120 Å². The maximum absolute atomic E-state index is 10.9. The second-order valence-corrected chi connectivity index (χ2v) is 3.87. The fraction of sp³-hybridized carbons (Fsp3) is 0.182. The zero-order chi connectivity index (χ0) is 13.8. The molecule has 0 saturated carbocycles. The van der Waals surface area contributed by atoms with Gasteiger partial charge >= 0.3 is 5.69 Å². The first kappa shape index (κ1) is 12.7. The van der Waals surface area contributed by atoms with Crippen molar-refractivity contribution in [1.29, 1.82) is 0 Å².